The molecule has 1 saturated carbocycles. The Balaban J connectivity index is 2.25. The van der Waals surface area contributed by atoms with Gasteiger partial charge in [0.25, 0.3) is 0 Å². The number of aliphatic carboxylic acids is 1. The minimum Gasteiger partial charge on any atom is -0.481 e. The molecule has 2 unspecified atom stereocenters. The highest BCUT2D eigenvalue weighted by atomic mass is 32.2. The topological polar surface area (TPSA) is 104 Å². The van der Waals surface area contributed by atoms with Crippen LogP contribution in [-0.4, -0.2) is 42.8 Å². The summed E-state index contributed by atoms with van der Waals surface area (Å²) in [6, 6.07) is 4.71. The molecule has 1 aliphatic carbocycles. The number of carboxylic acids is 1. The molecule has 2 N–H and O–H groups in total. The van der Waals surface area contributed by atoms with Crippen LogP contribution >= 0.6 is 0 Å². The number of carbonyl (C=O) groups is 2. The van der Waals surface area contributed by atoms with Gasteiger partial charge in [-0.05, 0) is 37.5 Å². The van der Waals surface area contributed by atoms with Crippen molar-refractivity contribution in [2.45, 2.75) is 38.5 Å². The molecule has 8 heteroatoms. The summed E-state index contributed by atoms with van der Waals surface area (Å²) in [5.41, 5.74) is 0.953. The average Bonchev–Trinajstić information content (AvgIpc) is 2.48. The number of aryl methyl sites for hydroxylation is 1. The maximum atomic E-state index is 12.7. The van der Waals surface area contributed by atoms with Crippen molar-refractivity contribution in [1.29, 1.82) is 0 Å². The molecular weight excluding hydrogens is 344 g/mol. The van der Waals surface area contributed by atoms with E-state index in [2.05, 4.69) is 5.32 Å². The number of carbonyl (C=O) groups excluding carboxylic acids is 1. The summed E-state index contributed by atoms with van der Waals surface area (Å²) in [6.07, 6.45) is 1.02. The summed E-state index contributed by atoms with van der Waals surface area (Å²) in [5, 5.41) is 11.7. The van der Waals surface area contributed by atoms with Crippen LogP contribution in [-0.2, 0) is 19.6 Å². The van der Waals surface area contributed by atoms with Crippen molar-refractivity contribution < 1.29 is 23.1 Å². The third kappa shape index (κ3) is 3.85. The van der Waals surface area contributed by atoms with Crippen LogP contribution in [0.15, 0.2) is 23.1 Å². The number of hydrogen-bond acceptors (Lipinski definition) is 4. The SMILES string of the molecule is CCN(CC)S(=O)(=O)c1cc(NC(=O)C2CCC2C(=O)O)ccc1C. The molecule has 0 spiro atoms. The Kier molecular flexibility index (Phi) is 5.84. The van der Waals surface area contributed by atoms with Crippen LogP contribution in [0.2, 0.25) is 0 Å². The molecule has 0 aliphatic heterocycles. The maximum absolute atomic E-state index is 12.7. The van der Waals surface area contributed by atoms with E-state index < -0.39 is 27.8 Å². The maximum Gasteiger partial charge on any atom is 0.307 e. The van der Waals surface area contributed by atoms with Gasteiger partial charge < -0.3 is 10.4 Å². The van der Waals surface area contributed by atoms with Gasteiger partial charge in [-0.1, -0.05) is 19.9 Å². The first kappa shape index (κ1) is 19.4. The Morgan fingerprint density at radius 1 is 1.20 bits per heavy atom. The van der Waals surface area contributed by atoms with Gasteiger partial charge in [-0.15, -0.1) is 0 Å². The van der Waals surface area contributed by atoms with Crippen molar-refractivity contribution in [3.63, 3.8) is 0 Å². The first-order valence-corrected chi connectivity index (χ1v) is 9.80. The van der Waals surface area contributed by atoms with E-state index in [4.69, 9.17) is 5.11 Å². The second kappa shape index (κ2) is 7.53. The van der Waals surface area contributed by atoms with E-state index in [0.29, 0.717) is 37.2 Å². The van der Waals surface area contributed by atoms with E-state index in [1.54, 1.807) is 32.9 Å². The van der Waals surface area contributed by atoms with Crippen LogP contribution < -0.4 is 5.32 Å². The molecule has 2 atom stereocenters. The average molecular weight is 368 g/mol. The lowest BCUT2D eigenvalue weighted by atomic mass is 9.73. The molecule has 7 nitrogen and oxygen atoms in total. The van der Waals surface area contributed by atoms with E-state index in [-0.39, 0.29) is 10.8 Å². The lowest BCUT2D eigenvalue weighted by Crippen LogP contribution is -2.41. The minimum absolute atomic E-state index is 0.150. The lowest BCUT2D eigenvalue weighted by molar-refractivity contribution is -0.151. The molecule has 0 radical (unpaired) electrons. The molecule has 1 fully saturated rings. The number of nitrogens with one attached hydrogen (secondary N) is 1. The molecule has 25 heavy (non-hydrogen) atoms. The Morgan fingerprint density at radius 2 is 1.80 bits per heavy atom. The number of benzene rings is 1. The normalized spacial score (nSPS) is 20.2. The van der Waals surface area contributed by atoms with Gasteiger partial charge in [0.2, 0.25) is 15.9 Å². The minimum atomic E-state index is -3.64. The second-order valence-electron chi connectivity index (χ2n) is 6.19. The summed E-state index contributed by atoms with van der Waals surface area (Å²) in [6.45, 7) is 5.96. The zero-order valence-corrected chi connectivity index (χ0v) is 15.5. The summed E-state index contributed by atoms with van der Waals surface area (Å²) in [4.78, 5) is 23.5. The van der Waals surface area contributed by atoms with Gasteiger partial charge in [0, 0.05) is 18.8 Å². The van der Waals surface area contributed by atoms with E-state index in [1.165, 1.54) is 10.4 Å². The molecule has 138 valence electrons. The lowest BCUT2D eigenvalue weighted by Gasteiger charge is -2.32. The van der Waals surface area contributed by atoms with Crippen molar-refractivity contribution in [2.75, 3.05) is 18.4 Å². The fraction of sp³-hybridized carbons (Fsp3) is 0.529. The van der Waals surface area contributed by atoms with E-state index in [9.17, 15) is 18.0 Å². The summed E-state index contributed by atoms with van der Waals surface area (Å²) in [5.74, 6) is -2.58. The van der Waals surface area contributed by atoms with Gasteiger partial charge >= 0.3 is 5.97 Å². The van der Waals surface area contributed by atoms with Gasteiger partial charge in [0.05, 0.1) is 16.7 Å². The van der Waals surface area contributed by atoms with Crippen LogP contribution in [0.1, 0.15) is 32.3 Å². The Bertz CT molecular complexity index is 771. The number of hydrogen-bond donors (Lipinski definition) is 2. The highest BCUT2D eigenvalue weighted by molar-refractivity contribution is 7.89. The number of sulfonamides is 1. The van der Waals surface area contributed by atoms with Crippen LogP contribution in [0.25, 0.3) is 0 Å². The van der Waals surface area contributed by atoms with Gasteiger partial charge in [0.15, 0.2) is 0 Å². The number of nitrogens with zero attached hydrogens (tertiary/aromatic N) is 1. The fourth-order valence-electron chi connectivity index (χ4n) is 3.00. The number of anilines is 1. The zero-order valence-electron chi connectivity index (χ0n) is 14.7. The summed E-state index contributed by atoms with van der Waals surface area (Å²) in [7, 11) is -3.64. The number of rotatable bonds is 7. The quantitative estimate of drug-likeness (QED) is 0.767. The van der Waals surface area contributed by atoms with E-state index in [0.717, 1.165) is 0 Å². The van der Waals surface area contributed by atoms with Crippen molar-refractivity contribution in [3.8, 4) is 0 Å². The van der Waals surface area contributed by atoms with E-state index in [1.807, 2.05) is 0 Å². The van der Waals surface area contributed by atoms with Gasteiger partial charge in [-0.2, -0.15) is 4.31 Å². The Hall–Kier alpha value is -1.93. The predicted molar refractivity (Wildman–Crippen MR) is 93.8 cm³/mol. The largest absolute Gasteiger partial charge is 0.481 e. The van der Waals surface area contributed by atoms with Crippen molar-refractivity contribution in [3.05, 3.63) is 23.8 Å². The second-order valence-corrected chi connectivity index (χ2v) is 8.09. The van der Waals surface area contributed by atoms with Gasteiger partial charge in [-0.3, -0.25) is 9.59 Å². The Labute approximate surface area is 148 Å². The summed E-state index contributed by atoms with van der Waals surface area (Å²) < 4.78 is 26.8. The molecule has 1 amide bonds. The predicted octanol–water partition coefficient (Wildman–Crippen LogP) is 2.07. The molecule has 0 bridgehead atoms. The molecular formula is C17H24N2O5S. The number of carboxylic acid groups (broad SMARTS) is 1. The number of amides is 1. The van der Waals surface area contributed by atoms with Gasteiger partial charge in [-0.25, -0.2) is 8.42 Å². The highest BCUT2D eigenvalue weighted by Gasteiger charge is 2.41. The zero-order chi connectivity index (χ0) is 18.8. The molecule has 1 aliphatic rings. The van der Waals surface area contributed by atoms with Crippen LogP contribution in [0.5, 0.6) is 0 Å². The molecule has 2 rings (SSSR count). The molecule has 1 aromatic carbocycles. The standard InChI is InChI=1S/C17H24N2O5S/c1-4-19(5-2)25(23,24)15-10-12(7-6-11(15)3)18-16(20)13-8-9-14(13)17(21)22/h6-7,10,13-14H,4-5,8-9H2,1-3H3,(H,18,20)(H,21,22). The molecule has 0 saturated heterocycles. The fourth-order valence-corrected chi connectivity index (χ4v) is 4.71. The summed E-state index contributed by atoms with van der Waals surface area (Å²) >= 11 is 0. The van der Waals surface area contributed by atoms with Crippen molar-refractivity contribution in [2.24, 2.45) is 11.8 Å². The Morgan fingerprint density at radius 3 is 2.28 bits per heavy atom. The molecule has 1 aromatic rings. The highest BCUT2D eigenvalue weighted by Crippen LogP contribution is 2.35. The molecule has 0 heterocycles. The van der Waals surface area contributed by atoms with Crippen LogP contribution in [0.4, 0.5) is 5.69 Å². The monoisotopic (exact) mass is 368 g/mol. The van der Waals surface area contributed by atoms with Gasteiger partial charge in [0.1, 0.15) is 0 Å². The first-order chi connectivity index (χ1) is 11.7. The molecule has 0 aromatic heterocycles. The third-order valence-electron chi connectivity index (χ3n) is 4.71. The smallest absolute Gasteiger partial charge is 0.307 e. The van der Waals surface area contributed by atoms with Crippen LogP contribution in [0.3, 0.4) is 0 Å². The van der Waals surface area contributed by atoms with E-state index >= 15 is 0 Å². The van der Waals surface area contributed by atoms with Crippen molar-refractivity contribution in [1.82, 2.24) is 4.31 Å². The van der Waals surface area contributed by atoms with Crippen LogP contribution in [0, 0.1) is 18.8 Å². The van der Waals surface area contributed by atoms with Crippen molar-refractivity contribution >= 4 is 27.6 Å². The first-order valence-electron chi connectivity index (χ1n) is 8.36. The third-order valence-corrected chi connectivity index (χ3v) is 6.90.